The molecule has 0 aliphatic carbocycles. The predicted octanol–water partition coefficient (Wildman–Crippen LogP) is 0.356. The van der Waals surface area contributed by atoms with Crippen LogP contribution in [0.1, 0.15) is 33.2 Å². The van der Waals surface area contributed by atoms with E-state index < -0.39 is 17.7 Å². The molecule has 1 aliphatic heterocycles. The van der Waals surface area contributed by atoms with Gasteiger partial charge < -0.3 is 10.5 Å². The summed E-state index contributed by atoms with van der Waals surface area (Å²) in [7, 11) is 0. The van der Waals surface area contributed by atoms with Gasteiger partial charge in [0.25, 0.3) is 0 Å². The third kappa shape index (κ3) is 3.57. The molecule has 0 bridgehead atoms. The van der Waals surface area contributed by atoms with E-state index in [2.05, 4.69) is 10.1 Å². The van der Waals surface area contributed by atoms with E-state index in [1.54, 1.807) is 31.8 Å². The summed E-state index contributed by atoms with van der Waals surface area (Å²) in [5, 5.41) is 4.07. The summed E-state index contributed by atoms with van der Waals surface area (Å²) in [6.45, 7) is 5.61. The van der Waals surface area contributed by atoms with Crippen LogP contribution in [-0.2, 0) is 9.53 Å². The molecule has 116 valence electrons. The van der Waals surface area contributed by atoms with Crippen molar-refractivity contribution in [2.45, 2.75) is 44.9 Å². The lowest BCUT2D eigenvalue weighted by atomic mass is 10.1. The molecule has 2 heterocycles. The maximum Gasteiger partial charge on any atom is 0.410 e. The molecule has 0 saturated carbocycles. The van der Waals surface area contributed by atoms with Gasteiger partial charge in [-0.3, -0.25) is 9.69 Å². The molecule has 1 amide bonds. The summed E-state index contributed by atoms with van der Waals surface area (Å²) >= 11 is 0. The first kappa shape index (κ1) is 15.4. The lowest BCUT2D eigenvalue weighted by Crippen LogP contribution is -2.45. The van der Waals surface area contributed by atoms with Crippen molar-refractivity contribution in [1.29, 1.82) is 0 Å². The minimum absolute atomic E-state index is 0.0967. The van der Waals surface area contributed by atoms with E-state index in [0.29, 0.717) is 13.0 Å². The Morgan fingerprint density at radius 2 is 2.14 bits per heavy atom. The largest absolute Gasteiger partial charge is 0.444 e. The number of hydrogen-bond acceptors (Lipinski definition) is 6. The van der Waals surface area contributed by atoms with Gasteiger partial charge in [0.15, 0.2) is 5.78 Å². The first-order valence-electron chi connectivity index (χ1n) is 6.88. The quantitative estimate of drug-likeness (QED) is 0.863. The number of ketones is 1. The molecule has 2 N–H and O–H groups in total. The molecule has 2 rings (SSSR count). The fourth-order valence-electron chi connectivity index (χ4n) is 2.38. The van der Waals surface area contributed by atoms with Crippen molar-refractivity contribution in [3.63, 3.8) is 0 Å². The van der Waals surface area contributed by atoms with Gasteiger partial charge >= 0.3 is 6.09 Å². The highest BCUT2D eigenvalue weighted by atomic mass is 16.6. The average molecular weight is 295 g/mol. The van der Waals surface area contributed by atoms with Crippen molar-refractivity contribution in [2.24, 2.45) is 5.73 Å². The maximum atomic E-state index is 12.3. The average Bonchev–Trinajstić information content (AvgIpc) is 3.04. The number of carbonyl (C=O) groups excluding carboxylic acids is 2. The van der Waals surface area contributed by atoms with Crippen LogP contribution < -0.4 is 5.73 Å². The Morgan fingerprint density at radius 1 is 1.43 bits per heavy atom. The molecule has 8 heteroatoms. The van der Waals surface area contributed by atoms with Gasteiger partial charge in [-0.05, 0) is 27.2 Å². The molecular formula is C13H21N5O3. The molecule has 21 heavy (non-hydrogen) atoms. The van der Waals surface area contributed by atoms with Gasteiger partial charge in [-0.1, -0.05) is 0 Å². The van der Waals surface area contributed by atoms with Crippen molar-refractivity contribution in [3.05, 3.63) is 12.7 Å². The second kappa shape index (κ2) is 5.80. The van der Waals surface area contributed by atoms with Crippen molar-refractivity contribution >= 4 is 11.9 Å². The standard InChI is InChI=1S/C13H21N5O3/c1-13(2,3)21-12(20)17-6-9(18-8-15-7-16-18)4-10(17)11(19)5-14/h7-10H,4-6,14H2,1-3H3/t9-,10-/m0/s1. The van der Waals surface area contributed by atoms with Crippen molar-refractivity contribution in [3.8, 4) is 0 Å². The second-order valence-electron chi connectivity index (χ2n) is 6.08. The summed E-state index contributed by atoms with van der Waals surface area (Å²) in [5.74, 6) is -0.177. The lowest BCUT2D eigenvalue weighted by molar-refractivity contribution is -0.122. The Bertz CT molecular complexity index is 508. The van der Waals surface area contributed by atoms with Gasteiger partial charge in [-0.25, -0.2) is 14.5 Å². The molecule has 0 spiro atoms. The van der Waals surface area contributed by atoms with Crippen LogP contribution in [0.15, 0.2) is 12.7 Å². The molecule has 2 atom stereocenters. The van der Waals surface area contributed by atoms with Crippen LogP contribution in [-0.4, -0.2) is 56.3 Å². The molecule has 0 radical (unpaired) electrons. The topological polar surface area (TPSA) is 103 Å². The van der Waals surface area contributed by atoms with Crippen LogP contribution in [0.5, 0.6) is 0 Å². The zero-order valence-corrected chi connectivity index (χ0v) is 12.5. The first-order chi connectivity index (χ1) is 9.81. The number of likely N-dealkylation sites (tertiary alicyclic amines) is 1. The number of nitrogens with two attached hydrogens (primary N) is 1. The molecule has 1 aromatic heterocycles. The monoisotopic (exact) mass is 295 g/mol. The Hall–Kier alpha value is -1.96. The number of amides is 1. The Labute approximate surface area is 123 Å². The van der Waals surface area contributed by atoms with Gasteiger partial charge in [0.1, 0.15) is 18.3 Å². The van der Waals surface area contributed by atoms with Gasteiger partial charge in [0, 0.05) is 6.54 Å². The molecule has 1 aliphatic rings. The van der Waals surface area contributed by atoms with Gasteiger partial charge in [0.05, 0.1) is 18.6 Å². The maximum absolute atomic E-state index is 12.3. The number of carbonyl (C=O) groups is 2. The normalized spacial score (nSPS) is 22.4. The third-order valence-corrected chi connectivity index (χ3v) is 3.29. The molecule has 1 fully saturated rings. The van der Waals surface area contributed by atoms with Gasteiger partial charge in [-0.15, -0.1) is 0 Å². The zero-order valence-electron chi connectivity index (χ0n) is 12.5. The van der Waals surface area contributed by atoms with Crippen molar-refractivity contribution < 1.29 is 14.3 Å². The van der Waals surface area contributed by atoms with E-state index in [1.165, 1.54) is 11.2 Å². The van der Waals surface area contributed by atoms with E-state index in [9.17, 15) is 9.59 Å². The fraction of sp³-hybridized carbons (Fsp3) is 0.692. The van der Waals surface area contributed by atoms with E-state index >= 15 is 0 Å². The van der Waals surface area contributed by atoms with Gasteiger partial charge in [-0.2, -0.15) is 5.10 Å². The van der Waals surface area contributed by atoms with E-state index in [1.807, 2.05) is 0 Å². The van der Waals surface area contributed by atoms with Crippen LogP contribution in [0.4, 0.5) is 4.79 Å². The number of aromatic nitrogens is 3. The van der Waals surface area contributed by atoms with Crippen LogP contribution >= 0.6 is 0 Å². The number of rotatable bonds is 3. The minimum atomic E-state index is -0.612. The van der Waals surface area contributed by atoms with Crippen LogP contribution in [0, 0.1) is 0 Å². The van der Waals surface area contributed by atoms with Crippen molar-refractivity contribution in [2.75, 3.05) is 13.1 Å². The molecule has 8 nitrogen and oxygen atoms in total. The highest BCUT2D eigenvalue weighted by Crippen LogP contribution is 2.28. The molecule has 1 aromatic rings. The number of hydrogen-bond donors (Lipinski definition) is 1. The van der Waals surface area contributed by atoms with Crippen LogP contribution in [0.2, 0.25) is 0 Å². The Morgan fingerprint density at radius 3 is 2.67 bits per heavy atom. The molecule has 0 aromatic carbocycles. The molecule has 1 saturated heterocycles. The summed E-state index contributed by atoms with van der Waals surface area (Å²) in [6.07, 6.45) is 2.97. The summed E-state index contributed by atoms with van der Waals surface area (Å²) in [5.41, 5.74) is 4.83. The zero-order chi connectivity index (χ0) is 15.6. The first-order valence-corrected chi connectivity index (χ1v) is 6.88. The summed E-state index contributed by atoms with van der Waals surface area (Å²) < 4.78 is 7.01. The lowest BCUT2D eigenvalue weighted by Gasteiger charge is -2.27. The highest BCUT2D eigenvalue weighted by Gasteiger charge is 2.41. The van der Waals surface area contributed by atoms with Gasteiger partial charge in [0.2, 0.25) is 0 Å². The van der Waals surface area contributed by atoms with Crippen LogP contribution in [0.25, 0.3) is 0 Å². The van der Waals surface area contributed by atoms with E-state index in [4.69, 9.17) is 10.5 Å². The number of Topliss-reactive ketones (excluding diaryl/α,β-unsaturated/α-hetero) is 1. The molecule has 0 unspecified atom stereocenters. The predicted molar refractivity (Wildman–Crippen MR) is 74.5 cm³/mol. The summed E-state index contributed by atoms with van der Waals surface area (Å²) in [6, 6.07) is -0.667. The highest BCUT2D eigenvalue weighted by molar-refractivity contribution is 5.89. The SMILES string of the molecule is CC(C)(C)OC(=O)N1C[C@@H](n2cncn2)C[C@H]1C(=O)CN. The second-order valence-corrected chi connectivity index (χ2v) is 6.08. The third-order valence-electron chi connectivity index (χ3n) is 3.29. The van der Waals surface area contributed by atoms with Crippen LogP contribution in [0.3, 0.4) is 0 Å². The smallest absolute Gasteiger partial charge is 0.410 e. The van der Waals surface area contributed by atoms with Crippen molar-refractivity contribution in [1.82, 2.24) is 19.7 Å². The Balaban J connectivity index is 2.16. The Kier molecular flexibility index (Phi) is 4.26. The fourth-order valence-corrected chi connectivity index (χ4v) is 2.38. The van der Waals surface area contributed by atoms with E-state index in [-0.39, 0.29) is 18.4 Å². The number of nitrogens with zero attached hydrogens (tertiary/aromatic N) is 4. The number of ether oxygens (including phenoxy) is 1. The minimum Gasteiger partial charge on any atom is -0.444 e. The van der Waals surface area contributed by atoms with E-state index in [0.717, 1.165) is 0 Å². The molecular weight excluding hydrogens is 274 g/mol. The summed E-state index contributed by atoms with van der Waals surface area (Å²) in [4.78, 5) is 29.6.